The predicted octanol–water partition coefficient (Wildman–Crippen LogP) is 4.26. The minimum atomic E-state index is -3.48. The van der Waals surface area contributed by atoms with Gasteiger partial charge in [-0.25, -0.2) is 17.8 Å². The van der Waals surface area contributed by atoms with Crippen LogP contribution in [0.5, 0.6) is 0 Å². The maximum absolute atomic E-state index is 13.2. The Labute approximate surface area is 155 Å². The number of sulfone groups is 1. The number of aromatic amines is 1. The number of H-pyrrole nitrogens is 1. The lowest BCUT2D eigenvalue weighted by Crippen LogP contribution is -2.05. The van der Waals surface area contributed by atoms with Crippen molar-refractivity contribution >= 4 is 20.9 Å². The van der Waals surface area contributed by atoms with Crippen LogP contribution in [0, 0.1) is 12.7 Å². The SMILES string of the molecule is Cc1ccc(-c2cc3c(Cc4ccc(F)cc4)c(S(C)(=O)=O)cnc3[nH]2)o1. The quantitative estimate of drug-likeness (QED) is 0.570. The second-order valence-corrected chi connectivity index (χ2v) is 8.52. The van der Waals surface area contributed by atoms with Gasteiger partial charge in [-0.2, -0.15) is 0 Å². The second-order valence-electron chi connectivity index (χ2n) is 6.53. The number of halogens is 1. The third-order valence-corrected chi connectivity index (χ3v) is 5.58. The number of fused-ring (bicyclic) bond motifs is 1. The van der Waals surface area contributed by atoms with Gasteiger partial charge in [0.1, 0.15) is 17.2 Å². The molecule has 0 aliphatic carbocycles. The van der Waals surface area contributed by atoms with Crippen LogP contribution in [0.2, 0.25) is 0 Å². The Morgan fingerprint density at radius 2 is 1.89 bits per heavy atom. The lowest BCUT2D eigenvalue weighted by Gasteiger charge is -2.09. The minimum absolute atomic E-state index is 0.167. The first-order valence-corrected chi connectivity index (χ1v) is 10.2. The molecule has 0 spiro atoms. The Hall–Kier alpha value is -2.93. The van der Waals surface area contributed by atoms with Gasteiger partial charge in [0.15, 0.2) is 15.6 Å². The minimum Gasteiger partial charge on any atom is -0.460 e. The van der Waals surface area contributed by atoms with E-state index in [0.717, 1.165) is 23.3 Å². The summed E-state index contributed by atoms with van der Waals surface area (Å²) in [6, 6.07) is 11.6. The molecule has 138 valence electrons. The number of benzene rings is 1. The predicted molar refractivity (Wildman–Crippen MR) is 101 cm³/mol. The highest BCUT2D eigenvalue weighted by molar-refractivity contribution is 7.90. The van der Waals surface area contributed by atoms with E-state index in [1.165, 1.54) is 18.3 Å². The standard InChI is InChI=1S/C20H17FN2O3S/c1-12-3-8-18(26-12)17-10-16-15(9-13-4-6-14(21)7-5-13)19(27(2,24)25)11-22-20(16)23-17/h3-8,10-11H,9H2,1-2H3,(H,22,23). The van der Waals surface area contributed by atoms with Gasteiger partial charge in [0, 0.05) is 17.8 Å². The van der Waals surface area contributed by atoms with Crippen LogP contribution in [-0.4, -0.2) is 24.6 Å². The fourth-order valence-electron chi connectivity index (χ4n) is 3.13. The molecular formula is C20H17FN2O3S. The van der Waals surface area contributed by atoms with Crippen LogP contribution in [0.15, 0.2) is 58.0 Å². The normalized spacial score (nSPS) is 12.0. The number of aryl methyl sites for hydroxylation is 1. The van der Waals surface area contributed by atoms with Crippen molar-refractivity contribution in [3.63, 3.8) is 0 Å². The molecule has 1 N–H and O–H groups in total. The molecular weight excluding hydrogens is 367 g/mol. The summed E-state index contributed by atoms with van der Waals surface area (Å²) in [6.07, 6.45) is 2.87. The van der Waals surface area contributed by atoms with Gasteiger partial charge in [0.25, 0.3) is 0 Å². The molecule has 3 aromatic heterocycles. The first-order chi connectivity index (χ1) is 12.8. The summed E-state index contributed by atoms with van der Waals surface area (Å²) in [7, 11) is -3.48. The molecule has 0 fully saturated rings. The molecule has 0 unspecified atom stereocenters. The van der Waals surface area contributed by atoms with Crippen LogP contribution in [0.25, 0.3) is 22.5 Å². The lowest BCUT2D eigenvalue weighted by molar-refractivity contribution is 0.547. The van der Waals surface area contributed by atoms with Crippen LogP contribution >= 0.6 is 0 Å². The van der Waals surface area contributed by atoms with Crippen molar-refractivity contribution in [3.05, 3.63) is 71.4 Å². The molecule has 0 saturated heterocycles. The Morgan fingerprint density at radius 3 is 2.52 bits per heavy atom. The highest BCUT2D eigenvalue weighted by atomic mass is 32.2. The van der Waals surface area contributed by atoms with Crippen LogP contribution in [0.3, 0.4) is 0 Å². The molecule has 4 aromatic rings. The second kappa shape index (κ2) is 6.35. The molecule has 0 atom stereocenters. The number of furan rings is 1. The van der Waals surface area contributed by atoms with E-state index < -0.39 is 9.84 Å². The molecule has 0 radical (unpaired) electrons. The molecule has 0 bridgehead atoms. The van der Waals surface area contributed by atoms with Gasteiger partial charge in [0.2, 0.25) is 0 Å². The zero-order chi connectivity index (χ0) is 19.2. The van der Waals surface area contributed by atoms with Crippen LogP contribution in [-0.2, 0) is 16.3 Å². The summed E-state index contributed by atoms with van der Waals surface area (Å²) in [6.45, 7) is 1.85. The highest BCUT2D eigenvalue weighted by Gasteiger charge is 2.20. The van der Waals surface area contributed by atoms with E-state index in [4.69, 9.17) is 4.42 Å². The Kier molecular flexibility index (Phi) is 4.11. The van der Waals surface area contributed by atoms with Crippen molar-refractivity contribution in [2.75, 3.05) is 6.26 Å². The van der Waals surface area contributed by atoms with Crippen molar-refractivity contribution in [2.24, 2.45) is 0 Å². The van der Waals surface area contributed by atoms with E-state index in [2.05, 4.69) is 9.97 Å². The van der Waals surface area contributed by atoms with E-state index in [1.54, 1.807) is 12.1 Å². The van der Waals surface area contributed by atoms with Gasteiger partial charge in [-0.3, -0.25) is 0 Å². The third kappa shape index (κ3) is 3.38. The van der Waals surface area contributed by atoms with Crippen molar-refractivity contribution in [1.82, 2.24) is 9.97 Å². The fraction of sp³-hybridized carbons (Fsp3) is 0.150. The summed E-state index contributed by atoms with van der Waals surface area (Å²) in [5.41, 5.74) is 2.73. The average Bonchev–Trinajstić information content (AvgIpc) is 3.22. The van der Waals surface area contributed by atoms with E-state index in [9.17, 15) is 12.8 Å². The number of hydrogen-bond acceptors (Lipinski definition) is 4. The number of pyridine rings is 1. The van der Waals surface area contributed by atoms with Crippen LogP contribution < -0.4 is 0 Å². The van der Waals surface area contributed by atoms with Crippen LogP contribution in [0.4, 0.5) is 4.39 Å². The smallest absolute Gasteiger partial charge is 0.177 e. The van der Waals surface area contributed by atoms with Gasteiger partial charge < -0.3 is 9.40 Å². The van der Waals surface area contributed by atoms with Gasteiger partial charge in [0.05, 0.1) is 10.6 Å². The topological polar surface area (TPSA) is 76.0 Å². The number of aromatic nitrogens is 2. The lowest BCUT2D eigenvalue weighted by atomic mass is 10.0. The summed E-state index contributed by atoms with van der Waals surface area (Å²) in [4.78, 5) is 7.63. The van der Waals surface area contributed by atoms with Gasteiger partial charge in [-0.15, -0.1) is 0 Å². The van der Waals surface area contributed by atoms with Crippen molar-refractivity contribution in [1.29, 1.82) is 0 Å². The van der Waals surface area contributed by atoms with E-state index >= 15 is 0 Å². The molecule has 0 amide bonds. The molecule has 5 nitrogen and oxygen atoms in total. The number of nitrogens with one attached hydrogen (secondary N) is 1. The van der Waals surface area contributed by atoms with Gasteiger partial charge in [-0.1, -0.05) is 12.1 Å². The maximum Gasteiger partial charge on any atom is 0.177 e. The molecule has 0 aliphatic rings. The first kappa shape index (κ1) is 17.5. The molecule has 27 heavy (non-hydrogen) atoms. The molecule has 4 rings (SSSR count). The zero-order valence-corrected chi connectivity index (χ0v) is 15.6. The number of hydrogen-bond donors (Lipinski definition) is 1. The molecule has 1 aromatic carbocycles. The van der Waals surface area contributed by atoms with E-state index in [-0.39, 0.29) is 10.7 Å². The zero-order valence-electron chi connectivity index (χ0n) is 14.8. The summed E-state index contributed by atoms with van der Waals surface area (Å²) in [5, 5.41) is 0.700. The maximum atomic E-state index is 13.2. The Balaban J connectivity index is 1.91. The number of nitrogens with zero attached hydrogens (tertiary/aromatic N) is 1. The summed E-state index contributed by atoms with van der Waals surface area (Å²) in [5.74, 6) is 1.10. The third-order valence-electron chi connectivity index (χ3n) is 4.43. The fourth-order valence-corrected chi connectivity index (χ4v) is 4.00. The van der Waals surface area contributed by atoms with Crippen molar-refractivity contribution in [3.8, 4) is 11.5 Å². The molecule has 0 aliphatic heterocycles. The summed E-state index contributed by atoms with van der Waals surface area (Å²) < 4.78 is 43.5. The monoisotopic (exact) mass is 384 g/mol. The highest BCUT2D eigenvalue weighted by Crippen LogP contribution is 2.31. The number of rotatable bonds is 4. The summed E-state index contributed by atoms with van der Waals surface area (Å²) >= 11 is 0. The first-order valence-electron chi connectivity index (χ1n) is 8.33. The van der Waals surface area contributed by atoms with E-state index in [0.29, 0.717) is 28.8 Å². The average molecular weight is 384 g/mol. The van der Waals surface area contributed by atoms with Gasteiger partial charge >= 0.3 is 0 Å². The molecule has 0 saturated carbocycles. The Bertz CT molecular complexity index is 1240. The van der Waals surface area contributed by atoms with Crippen molar-refractivity contribution in [2.45, 2.75) is 18.2 Å². The Morgan fingerprint density at radius 1 is 1.15 bits per heavy atom. The largest absolute Gasteiger partial charge is 0.460 e. The van der Waals surface area contributed by atoms with Crippen LogP contribution in [0.1, 0.15) is 16.9 Å². The van der Waals surface area contributed by atoms with Gasteiger partial charge in [-0.05, 0) is 54.8 Å². The van der Waals surface area contributed by atoms with E-state index in [1.807, 2.05) is 25.1 Å². The molecule has 7 heteroatoms. The molecule has 3 heterocycles. The van der Waals surface area contributed by atoms with Crippen molar-refractivity contribution < 1.29 is 17.2 Å².